The molecule has 0 saturated carbocycles. The van der Waals surface area contributed by atoms with E-state index in [1.54, 1.807) is 34.9 Å². The van der Waals surface area contributed by atoms with Gasteiger partial charge in [-0.15, -0.1) is 0 Å². The number of carbonyl (C=O) groups is 2. The Morgan fingerprint density at radius 1 is 1.10 bits per heavy atom. The average Bonchev–Trinajstić information content (AvgIpc) is 2.83. The number of rotatable bonds is 0. The molecule has 0 unspecified atom stereocenters. The Bertz CT molecular complexity index is 956. The van der Waals surface area contributed by atoms with Crippen molar-refractivity contribution < 1.29 is 9.59 Å². The number of carbonyl (C=O) groups excluding carboxylic acids is 2. The number of halogens is 1. The first-order valence-corrected chi connectivity index (χ1v) is 6.82. The zero-order chi connectivity index (χ0) is 14.7. The molecule has 3 aromatic rings. The number of pyridine rings is 1. The van der Waals surface area contributed by atoms with Crippen LogP contribution in [0.1, 0.15) is 37.7 Å². The van der Waals surface area contributed by atoms with Gasteiger partial charge in [-0.25, -0.2) is 4.98 Å². The molecule has 0 fully saturated rings. The molecule has 1 aliphatic carbocycles. The molecule has 0 N–H and O–H groups in total. The number of ketones is 2. The van der Waals surface area contributed by atoms with Crippen molar-refractivity contribution in [2.24, 2.45) is 0 Å². The molecular weight excluding hydrogens is 288 g/mol. The SMILES string of the molecule is Cc1cccc2c1C(=O)c1nc3ccc(Cl)cn3c1C2=O. The van der Waals surface area contributed by atoms with Crippen LogP contribution in [0.15, 0.2) is 36.5 Å². The van der Waals surface area contributed by atoms with Crippen molar-refractivity contribution in [2.75, 3.05) is 0 Å². The first-order valence-electron chi connectivity index (χ1n) is 6.44. The number of nitrogens with zero attached hydrogens (tertiary/aromatic N) is 2. The Morgan fingerprint density at radius 3 is 2.71 bits per heavy atom. The van der Waals surface area contributed by atoms with Gasteiger partial charge >= 0.3 is 0 Å². The molecular formula is C16H9ClN2O2. The van der Waals surface area contributed by atoms with E-state index < -0.39 is 0 Å². The first-order chi connectivity index (χ1) is 10.1. The highest BCUT2D eigenvalue weighted by molar-refractivity contribution is 6.31. The quantitative estimate of drug-likeness (QED) is 0.501. The summed E-state index contributed by atoms with van der Waals surface area (Å²) in [6.07, 6.45) is 1.61. The van der Waals surface area contributed by atoms with Gasteiger partial charge in [0.15, 0.2) is 0 Å². The minimum atomic E-state index is -0.211. The summed E-state index contributed by atoms with van der Waals surface area (Å²) in [7, 11) is 0. The minimum absolute atomic E-state index is 0.196. The lowest BCUT2D eigenvalue weighted by Crippen LogP contribution is -2.22. The van der Waals surface area contributed by atoms with E-state index in [-0.39, 0.29) is 23.0 Å². The molecule has 0 bridgehead atoms. The second kappa shape index (κ2) is 4.02. The maximum absolute atomic E-state index is 12.7. The smallest absolute Gasteiger partial charge is 0.214 e. The number of imidazole rings is 1. The summed E-state index contributed by atoms with van der Waals surface area (Å²) in [6.45, 7) is 1.82. The lowest BCUT2D eigenvalue weighted by molar-refractivity contribution is 0.0972. The highest BCUT2D eigenvalue weighted by Gasteiger charge is 2.35. The van der Waals surface area contributed by atoms with Crippen LogP contribution in [0.2, 0.25) is 5.02 Å². The number of hydrogen-bond donors (Lipinski definition) is 0. The van der Waals surface area contributed by atoms with Gasteiger partial charge in [-0.1, -0.05) is 29.8 Å². The number of fused-ring (bicyclic) bond motifs is 4. The maximum Gasteiger partial charge on any atom is 0.214 e. The monoisotopic (exact) mass is 296 g/mol. The van der Waals surface area contributed by atoms with Crippen LogP contribution in [0, 0.1) is 6.92 Å². The number of hydrogen-bond acceptors (Lipinski definition) is 3. The largest absolute Gasteiger partial charge is 0.295 e. The summed E-state index contributed by atoms with van der Waals surface area (Å²) >= 11 is 5.98. The van der Waals surface area contributed by atoms with Crippen molar-refractivity contribution in [3.05, 3.63) is 69.6 Å². The van der Waals surface area contributed by atoms with Gasteiger partial charge in [-0.3, -0.25) is 14.0 Å². The second-order valence-electron chi connectivity index (χ2n) is 5.04. The third-order valence-corrected chi connectivity index (χ3v) is 3.98. The zero-order valence-electron chi connectivity index (χ0n) is 11.1. The van der Waals surface area contributed by atoms with Gasteiger partial charge in [0.25, 0.3) is 0 Å². The third-order valence-electron chi connectivity index (χ3n) is 3.76. The number of aromatic nitrogens is 2. The fourth-order valence-corrected chi connectivity index (χ4v) is 2.96. The Hall–Kier alpha value is -2.46. The molecule has 0 aliphatic heterocycles. The van der Waals surface area contributed by atoms with Gasteiger partial charge in [0.1, 0.15) is 17.0 Å². The molecule has 0 atom stereocenters. The Balaban J connectivity index is 2.12. The van der Waals surface area contributed by atoms with Gasteiger partial charge in [0.05, 0.1) is 5.02 Å². The summed E-state index contributed by atoms with van der Waals surface area (Å²) in [6, 6.07) is 8.65. The average molecular weight is 297 g/mol. The molecule has 1 aromatic carbocycles. The van der Waals surface area contributed by atoms with E-state index in [1.165, 1.54) is 0 Å². The lowest BCUT2D eigenvalue weighted by Gasteiger charge is -2.15. The van der Waals surface area contributed by atoms with E-state index >= 15 is 0 Å². The second-order valence-corrected chi connectivity index (χ2v) is 5.48. The lowest BCUT2D eigenvalue weighted by atomic mass is 9.87. The maximum atomic E-state index is 12.7. The van der Waals surface area contributed by atoms with Crippen LogP contribution in [0.5, 0.6) is 0 Å². The van der Waals surface area contributed by atoms with Crippen molar-refractivity contribution in [3.8, 4) is 0 Å². The van der Waals surface area contributed by atoms with E-state index in [1.807, 2.05) is 13.0 Å². The molecule has 0 saturated heterocycles. The van der Waals surface area contributed by atoms with Gasteiger partial charge in [-0.2, -0.15) is 0 Å². The first kappa shape index (κ1) is 12.3. The fourth-order valence-electron chi connectivity index (χ4n) is 2.80. The molecule has 2 heterocycles. The van der Waals surface area contributed by atoms with Crippen LogP contribution < -0.4 is 0 Å². The van der Waals surface area contributed by atoms with Crippen LogP contribution >= 0.6 is 11.6 Å². The van der Waals surface area contributed by atoms with E-state index in [2.05, 4.69) is 4.98 Å². The number of benzene rings is 1. The van der Waals surface area contributed by atoms with Crippen molar-refractivity contribution >= 4 is 28.8 Å². The molecule has 4 rings (SSSR count). The highest BCUT2D eigenvalue weighted by Crippen LogP contribution is 2.30. The Morgan fingerprint density at radius 2 is 1.90 bits per heavy atom. The van der Waals surface area contributed by atoms with Crippen molar-refractivity contribution in [2.45, 2.75) is 6.92 Å². The minimum Gasteiger partial charge on any atom is -0.295 e. The molecule has 1 aliphatic rings. The number of aryl methyl sites for hydroxylation is 1. The Kier molecular flexibility index (Phi) is 2.35. The zero-order valence-corrected chi connectivity index (χ0v) is 11.8. The van der Waals surface area contributed by atoms with Crippen LogP contribution in [0.25, 0.3) is 5.65 Å². The molecule has 0 radical (unpaired) electrons. The van der Waals surface area contributed by atoms with Crippen LogP contribution in [0.4, 0.5) is 0 Å². The van der Waals surface area contributed by atoms with E-state index in [9.17, 15) is 9.59 Å². The topological polar surface area (TPSA) is 51.4 Å². The summed E-state index contributed by atoms with van der Waals surface area (Å²) in [4.78, 5) is 29.7. The van der Waals surface area contributed by atoms with Crippen LogP contribution in [-0.2, 0) is 0 Å². The highest BCUT2D eigenvalue weighted by atomic mass is 35.5. The summed E-state index contributed by atoms with van der Waals surface area (Å²) < 4.78 is 1.59. The third kappa shape index (κ3) is 1.53. The van der Waals surface area contributed by atoms with Gasteiger partial charge in [-0.05, 0) is 24.6 Å². The molecule has 0 amide bonds. The van der Waals surface area contributed by atoms with Gasteiger partial charge in [0, 0.05) is 17.3 Å². The van der Waals surface area contributed by atoms with Gasteiger partial charge in [0.2, 0.25) is 11.6 Å². The van der Waals surface area contributed by atoms with Gasteiger partial charge < -0.3 is 0 Å². The predicted molar refractivity (Wildman–Crippen MR) is 78.2 cm³/mol. The van der Waals surface area contributed by atoms with E-state index in [4.69, 9.17) is 11.6 Å². The van der Waals surface area contributed by atoms with E-state index in [0.29, 0.717) is 21.8 Å². The van der Waals surface area contributed by atoms with Crippen LogP contribution in [-0.4, -0.2) is 21.0 Å². The predicted octanol–water partition coefficient (Wildman–Crippen LogP) is 3.07. The molecule has 102 valence electrons. The summed E-state index contributed by atoms with van der Waals surface area (Å²) in [5, 5.41) is 0.484. The molecule has 5 heteroatoms. The Labute approximate surface area is 125 Å². The molecule has 0 spiro atoms. The summed E-state index contributed by atoms with van der Waals surface area (Å²) in [5.74, 6) is -0.407. The van der Waals surface area contributed by atoms with Crippen LogP contribution in [0.3, 0.4) is 0 Å². The van der Waals surface area contributed by atoms with Crippen molar-refractivity contribution in [1.82, 2.24) is 9.38 Å². The molecule has 4 nitrogen and oxygen atoms in total. The fraction of sp³-hybridized carbons (Fsp3) is 0.0625. The van der Waals surface area contributed by atoms with E-state index in [0.717, 1.165) is 5.56 Å². The standard InChI is InChI=1S/C16H9ClN2O2/c1-8-3-2-4-10-12(8)16(21)13-14(15(10)20)19-7-9(17)5-6-11(19)18-13/h2-7H,1H3. The molecule has 2 aromatic heterocycles. The van der Waals surface area contributed by atoms with Crippen molar-refractivity contribution in [1.29, 1.82) is 0 Å². The summed E-state index contributed by atoms with van der Waals surface area (Å²) in [5.41, 5.74) is 2.68. The van der Waals surface area contributed by atoms with Crippen molar-refractivity contribution in [3.63, 3.8) is 0 Å². The molecule has 21 heavy (non-hydrogen) atoms. The normalized spacial score (nSPS) is 13.4.